The van der Waals surface area contributed by atoms with Gasteiger partial charge in [0, 0.05) is 31.6 Å². The van der Waals surface area contributed by atoms with E-state index < -0.39 is 32.9 Å². The first-order valence-corrected chi connectivity index (χ1v) is 17.2. The van der Waals surface area contributed by atoms with Crippen LogP contribution in [0.25, 0.3) is 0 Å². The number of hydrogen-bond acceptors (Lipinski definition) is 4. The number of alkyl halides is 2. The maximum atomic E-state index is 16.3. The Hall–Kier alpha value is -3.86. The molecule has 5 rings (SSSR count). The van der Waals surface area contributed by atoms with Crippen molar-refractivity contribution < 1.29 is 28.2 Å². The van der Waals surface area contributed by atoms with E-state index >= 15 is 8.78 Å². The molecule has 0 radical (unpaired) electrons. The summed E-state index contributed by atoms with van der Waals surface area (Å²) in [4.78, 5) is 12.9. The Kier molecular flexibility index (Phi) is 9.57. The molecule has 2 heterocycles. The number of aliphatic hydroxyl groups excluding tert-OH is 1. The molecule has 1 aliphatic heterocycles. The van der Waals surface area contributed by atoms with Crippen LogP contribution < -0.4 is 10.4 Å². The molecular weight excluding hydrogens is 592 g/mol. The Morgan fingerprint density at radius 3 is 2.04 bits per heavy atom. The van der Waals surface area contributed by atoms with Gasteiger partial charge in [-0.2, -0.15) is 13.9 Å². The van der Waals surface area contributed by atoms with Crippen LogP contribution in [0.2, 0.25) is 5.04 Å². The fourth-order valence-electron chi connectivity index (χ4n) is 6.47. The average molecular weight is 634 g/mol. The second-order valence-electron chi connectivity index (χ2n) is 12.7. The number of nitrogens with zero attached hydrogens (tertiary/aromatic N) is 3. The van der Waals surface area contributed by atoms with Crippen molar-refractivity contribution in [2.75, 3.05) is 13.2 Å². The quantitative estimate of drug-likeness (QED) is 0.205. The van der Waals surface area contributed by atoms with E-state index in [1.807, 2.05) is 66.7 Å². The van der Waals surface area contributed by atoms with Crippen molar-refractivity contribution in [3.63, 3.8) is 0 Å². The van der Waals surface area contributed by atoms with Crippen molar-refractivity contribution in [1.82, 2.24) is 14.7 Å². The van der Waals surface area contributed by atoms with Gasteiger partial charge in [0.1, 0.15) is 5.69 Å². The number of carbonyl (C=O) groups is 1. The smallest absolute Gasteiger partial charge is 0.407 e. The number of rotatable bonds is 11. The van der Waals surface area contributed by atoms with Crippen LogP contribution in [0.15, 0.2) is 91.0 Å². The van der Waals surface area contributed by atoms with Crippen LogP contribution in [-0.2, 0) is 29.9 Å². The van der Waals surface area contributed by atoms with Crippen molar-refractivity contribution >= 4 is 24.8 Å². The molecule has 45 heavy (non-hydrogen) atoms. The van der Waals surface area contributed by atoms with E-state index in [9.17, 15) is 15.0 Å². The first kappa shape index (κ1) is 32.5. The average Bonchev–Trinajstić information content (AvgIpc) is 3.38. The number of fused-ring (bicyclic) bond motifs is 1. The number of halogens is 2. The number of aromatic nitrogens is 2. The zero-order valence-electron chi connectivity index (χ0n) is 26.0. The summed E-state index contributed by atoms with van der Waals surface area (Å²) in [5.41, 5.74) is 1.16. The largest absolute Gasteiger partial charge is 0.465 e. The van der Waals surface area contributed by atoms with Gasteiger partial charge in [-0.25, -0.2) is 4.79 Å². The van der Waals surface area contributed by atoms with Gasteiger partial charge in [-0.3, -0.25) is 4.68 Å². The lowest BCUT2D eigenvalue weighted by atomic mass is 9.98. The highest BCUT2D eigenvalue weighted by Gasteiger charge is 2.50. The zero-order valence-corrected chi connectivity index (χ0v) is 27.0. The van der Waals surface area contributed by atoms with Crippen molar-refractivity contribution in [3.8, 4) is 0 Å². The van der Waals surface area contributed by atoms with Crippen LogP contribution in [0, 0.1) is 0 Å². The maximum absolute atomic E-state index is 16.3. The van der Waals surface area contributed by atoms with Crippen LogP contribution in [-0.4, -0.2) is 58.6 Å². The molecule has 0 saturated carbocycles. The van der Waals surface area contributed by atoms with Crippen LogP contribution >= 0.6 is 0 Å². The molecule has 0 aliphatic carbocycles. The van der Waals surface area contributed by atoms with Crippen molar-refractivity contribution in [2.45, 2.75) is 70.2 Å². The minimum Gasteiger partial charge on any atom is -0.465 e. The van der Waals surface area contributed by atoms with Gasteiger partial charge in [0.05, 0.1) is 24.9 Å². The maximum Gasteiger partial charge on any atom is 0.407 e. The Morgan fingerprint density at radius 1 is 0.956 bits per heavy atom. The van der Waals surface area contributed by atoms with Crippen LogP contribution in [0.1, 0.15) is 56.1 Å². The van der Waals surface area contributed by atoms with E-state index in [-0.39, 0.29) is 55.4 Å². The van der Waals surface area contributed by atoms with E-state index in [2.05, 4.69) is 50.1 Å². The predicted molar refractivity (Wildman–Crippen MR) is 173 cm³/mol. The molecule has 1 unspecified atom stereocenters. The summed E-state index contributed by atoms with van der Waals surface area (Å²) in [6, 6.07) is 29.3. The van der Waals surface area contributed by atoms with Gasteiger partial charge in [0.2, 0.25) is 0 Å². The molecular formula is C35H41F2N3O4Si. The minimum absolute atomic E-state index is 0.0103. The molecule has 7 nitrogen and oxygen atoms in total. The predicted octanol–water partition coefficient (Wildman–Crippen LogP) is 5.78. The number of amides is 1. The molecule has 0 fully saturated rings. The highest BCUT2D eigenvalue weighted by molar-refractivity contribution is 6.99. The van der Waals surface area contributed by atoms with Gasteiger partial charge in [0.15, 0.2) is 0 Å². The molecule has 1 amide bonds. The van der Waals surface area contributed by atoms with E-state index in [0.717, 1.165) is 20.8 Å². The second kappa shape index (κ2) is 13.2. The van der Waals surface area contributed by atoms with Gasteiger partial charge >= 0.3 is 6.09 Å². The summed E-state index contributed by atoms with van der Waals surface area (Å²) in [6.45, 7) is 6.65. The lowest BCUT2D eigenvalue weighted by Crippen LogP contribution is -2.66. The second-order valence-corrected chi connectivity index (χ2v) is 17.0. The number of hydrogen-bond donors (Lipinski definition) is 2. The highest BCUT2D eigenvalue weighted by Crippen LogP contribution is 2.40. The number of aliphatic hydroxyl groups is 1. The molecule has 10 heteroatoms. The Labute approximate surface area is 264 Å². The molecule has 238 valence electrons. The normalized spacial score (nSPS) is 14.7. The van der Waals surface area contributed by atoms with Crippen LogP contribution in [0.5, 0.6) is 0 Å². The van der Waals surface area contributed by atoms with Crippen molar-refractivity contribution in [3.05, 3.63) is 114 Å². The van der Waals surface area contributed by atoms with Crippen LogP contribution in [0.4, 0.5) is 13.6 Å². The molecule has 2 N–H and O–H groups in total. The third-order valence-electron chi connectivity index (χ3n) is 8.57. The van der Waals surface area contributed by atoms with Gasteiger partial charge in [-0.05, 0) is 27.4 Å². The lowest BCUT2D eigenvalue weighted by Gasteiger charge is -2.43. The van der Waals surface area contributed by atoms with Crippen molar-refractivity contribution in [1.29, 1.82) is 0 Å². The van der Waals surface area contributed by atoms with Gasteiger partial charge in [-0.15, -0.1) is 0 Å². The molecule has 0 bridgehead atoms. The third kappa shape index (κ3) is 6.88. The first-order valence-electron chi connectivity index (χ1n) is 15.3. The Balaban J connectivity index is 1.39. The zero-order chi connectivity index (χ0) is 32.2. The fraction of sp³-hybridized carbons (Fsp3) is 0.371. The monoisotopic (exact) mass is 633 g/mol. The molecule has 1 aliphatic rings. The molecule has 0 saturated heterocycles. The minimum atomic E-state index is -3.46. The van der Waals surface area contributed by atoms with Crippen molar-refractivity contribution in [2.24, 2.45) is 0 Å². The summed E-state index contributed by atoms with van der Waals surface area (Å²) in [5, 5.41) is 27.0. The number of benzene rings is 3. The first-order chi connectivity index (χ1) is 21.4. The summed E-state index contributed by atoms with van der Waals surface area (Å²) in [7, 11) is -2.89. The molecule has 4 aromatic rings. The van der Waals surface area contributed by atoms with Gasteiger partial charge in [-0.1, -0.05) is 112 Å². The lowest BCUT2D eigenvalue weighted by molar-refractivity contribution is -0.0609. The molecule has 0 spiro atoms. The Bertz CT molecular complexity index is 1540. The molecule has 1 aromatic heterocycles. The standard InChI is InChI=1S/C35H41F2N3O4Si/c1-34(2,3)45(28-15-9-5-10-16-28,29-17-11-6-12-18-29)44-22-20-27(41)23-35(36,37)32-30-25-39(33(42)43)21-19-31(30)38-40(32)24-26-13-7-4-8-14-26/h4-18,27,41H,19-25H2,1-3H3,(H,42,43). The SMILES string of the molecule is CC(C)(C)[Si](OCCC(O)CC(F)(F)c1c2c(nn1Cc1ccccc1)CCN(C(=O)O)C2)(c1ccccc1)c1ccccc1. The van der Waals surface area contributed by atoms with E-state index in [1.165, 1.54) is 4.68 Å². The molecule has 1 atom stereocenters. The third-order valence-corrected chi connectivity index (χ3v) is 13.6. The fourth-order valence-corrected chi connectivity index (χ4v) is 11.1. The van der Waals surface area contributed by atoms with Gasteiger partial charge in [0.25, 0.3) is 14.2 Å². The van der Waals surface area contributed by atoms with E-state index in [0.29, 0.717) is 5.69 Å². The summed E-state index contributed by atoms with van der Waals surface area (Å²) >= 11 is 0. The summed E-state index contributed by atoms with van der Waals surface area (Å²) in [5.74, 6) is -3.46. The van der Waals surface area contributed by atoms with E-state index in [1.54, 1.807) is 0 Å². The number of carboxylic acid groups (broad SMARTS) is 1. The summed E-state index contributed by atoms with van der Waals surface area (Å²) in [6.07, 6.45) is -3.10. The highest BCUT2D eigenvalue weighted by atomic mass is 28.4. The summed E-state index contributed by atoms with van der Waals surface area (Å²) < 4.78 is 40.7. The van der Waals surface area contributed by atoms with Gasteiger partial charge < -0.3 is 19.5 Å². The molecule has 3 aromatic carbocycles. The van der Waals surface area contributed by atoms with E-state index in [4.69, 9.17) is 4.43 Å². The topological polar surface area (TPSA) is 87.8 Å². The Morgan fingerprint density at radius 2 is 1.51 bits per heavy atom. The van der Waals surface area contributed by atoms with Crippen LogP contribution in [0.3, 0.4) is 0 Å².